The van der Waals surface area contributed by atoms with Gasteiger partial charge < -0.3 is 0 Å². The van der Waals surface area contributed by atoms with Gasteiger partial charge in [-0.1, -0.05) is 47.4 Å². The molecule has 4 heteroatoms. The van der Waals surface area contributed by atoms with E-state index in [-0.39, 0.29) is 0 Å². The van der Waals surface area contributed by atoms with Crippen LogP contribution in [0.25, 0.3) is 0 Å². The lowest BCUT2D eigenvalue weighted by Crippen LogP contribution is -1.72. The molecule has 53 valence electrons. The van der Waals surface area contributed by atoms with Crippen LogP contribution in [0.15, 0.2) is 17.0 Å². The van der Waals surface area contributed by atoms with Crippen molar-refractivity contribution in [3.8, 4) is 0 Å². The monoisotopic (exact) mass is 211 g/mol. The van der Waals surface area contributed by atoms with Crippen LogP contribution in [-0.2, 0) is 0 Å². The smallest absolute Gasteiger partial charge is 0.0793 e. The summed E-state index contributed by atoms with van der Waals surface area (Å²) in [7, 11) is 0. The minimum absolute atomic E-state index is 0.329. The van der Waals surface area contributed by atoms with Crippen LogP contribution in [0.4, 0.5) is 0 Å². The van der Waals surface area contributed by atoms with Gasteiger partial charge in [0, 0.05) is 0 Å². The maximum Gasteiger partial charge on any atom is 0.0793 e. The van der Waals surface area contributed by atoms with E-state index in [4.69, 9.17) is 47.4 Å². The average Bonchev–Trinajstić information content (AvgIpc) is 1.93. The molecule has 0 spiro atoms. The summed E-state index contributed by atoms with van der Waals surface area (Å²) in [5.74, 6) is 0. The van der Waals surface area contributed by atoms with Gasteiger partial charge in [-0.25, -0.2) is 0 Å². The molecule has 0 aliphatic heterocycles. The van der Waals surface area contributed by atoms with Gasteiger partial charge >= 0.3 is 0 Å². The van der Waals surface area contributed by atoms with Crippen molar-refractivity contribution >= 4 is 47.4 Å². The maximum absolute atomic E-state index is 5.66. The third-order valence-electron chi connectivity index (χ3n) is 1.000. The van der Waals surface area contributed by atoms with Crippen molar-refractivity contribution in [3.05, 3.63) is 27.2 Å². The first-order valence-corrected chi connectivity index (χ1v) is 3.97. The summed E-state index contributed by atoms with van der Waals surface area (Å²) in [6.07, 6.45) is 0. The SMILES string of the molecule is [S]c1ccc(Cl)c(Cl)c1Cl. The van der Waals surface area contributed by atoms with Crippen LogP contribution in [0.1, 0.15) is 0 Å². The zero-order chi connectivity index (χ0) is 7.72. The average molecular weight is 213 g/mol. The Morgan fingerprint density at radius 3 is 2.10 bits per heavy atom. The summed E-state index contributed by atoms with van der Waals surface area (Å²) < 4.78 is 0. The Hall–Kier alpha value is 0.310. The molecule has 0 aliphatic carbocycles. The molecule has 1 aromatic rings. The summed E-state index contributed by atoms with van der Waals surface area (Å²) in [6, 6.07) is 3.27. The minimum atomic E-state index is 0.329. The maximum atomic E-state index is 5.66. The van der Waals surface area contributed by atoms with E-state index >= 15 is 0 Å². The first-order chi connectivity index (χ1) is 4.63. The number of rotatable bonds is 0. The Labute approximate surface area is 79.5 Å². The van der Waals surface area contributed by atoms with Crippen LogP contribution >= 0.6 is 47.4 Å². The lowest BCUT2D eigenvalue weighted by atomic mass is 10.4. The molecule has 0 saturated carbocycles. The van der Waals surface area contributed by atoms with E-state index in [1.165, 1.54) is 0 Å². The Morgan fingerprint density at radius 1 is 1.00 bits per heavy atom. The number of hydrogen-bond acceptors (Lipinski definition) is 0. The van der Waals surface area contributed by atoms with Gasteiger partial charge in [0.05, 0.1) is 20.0 Å². The molecule has 1 aromatic carbocycles. The molecule has 0 aromatic heterocycles. The molecule has 1 radical (unpaired) electrons. The zero-order valence-corrected chi connectivity index (χ0v) is 7.78. The standard InChI is InChI=1S/C6H2Cl3S/c7-3-1-2-4(10)6(9)5(3)8/h1-2H. The van der Waals surface area contributed by atoms with Gasteiger partial charge in [-0.05, 0) is 12.1 Å². The van der Waals surface area contributed by atoms with Crippen LogP contribution in [0.2, 0.25) is 15.1 Å². The van der Waals surface area contributed by atoms with Crippen LogP contribution in [0.3, 0.4) is 0 Å². The molecule has 0 N–H and O–H groups in total. The zero-order valence-electron chi connectivity index (χ0n) is 4.70. The van der Waals surface area contributed by atoms with Gasteiger partial charge in [-0.15, -0.1) is 0 Å². The molecule has 0 unspecified atom stereocenters. The molecule has 0 bridgehead atoms. The van der Waals surface area contributed by atoms with Crippen molar-refractivity contribution < 1.29 is 0 Å². The fraction of sp³-hybridized carbons (Fsp3) is 0. The highest BCUT2D eigenvalue weighted by atomic mass is 35.5. The van der Waals surface area contributed by atoms with E-state index in [1.807, 2.05) is 0 Å². The molecule has 0 saturated heterocycles. The second-order valence-corrected chi connectivity index (χ2v) is 3.28. The molecule has 0 amide bonds. The Morgan fingerprint density at radius 2 is 1.60 bits per heavy atom. The molecular formula is C6H2Cl3S. The molecule has 1 rings (SSSR count). The van der Waals surface area contributed by atoms with E-state index in [2.05, 4.69) is 0 Å². The predicted molar refractivity (Wildman–Crippen MR) is 47.3 cm³/mol. The summed E-state index contributed by atoms with van der Waals surface area (Å²) in [4.78, 5) is 0.524. The fourth-order valence-corrected chi connectivity index (χ4v) is 1.27. The van der Waals surface area contributed by atoms with Crippen LogP contribution in [-0.4, -0.2) is 0 Å². The number of benzene rings is 1. The minimum Gasteiger partial charge on any atom is -0.0827 e. The van der Waals surface area contributed by atoms with Crippen LogP contribution in [0, 0.1) is 0 Å². The summed E-state index contributed by atoms with van der Waals surface area (Å²) >= 11 is 21.8. The van der Waals surface area contributed by atoms with E-state index < -0.39 is 0 Å². The highest BCUT2D eigenvalue weighted by Crippen LogP contribution is 2.33. The van der Waals surface area contributed by atoms with Gasteiger partial charge in [-0.2, -0.15) is 0 Å². The van der Waals surface area contributed by atoms with Gasteiger partial charge in [0.25, 0.3) is 0 Å². The van der Waals surface area contributed by atoms with Crippen molar-refractivity contribution in [2.45, 2.75) is 4.90 Å². The Balaban J connectivity index is 3.34. The quantitative estimate of drug-likeness (QED) is 0.565. The molecular weight excluding hydrogens is 210 g/mol. The molecule has 0 fully saturated rings. The third-order valence-corrected chi connectivity index (χ3v) is 2.75. The van der Waals surface area contributed by atoms with E-state index in [0.29, 0.717) is 20.0 Å². The van der Waals surface area contributed by atoms with Gasteiger partial charge in [-0.3, -0.25) is 0 Å². The molecule has 0 nitrogen and oxygen atoms in total. The molecule has 0 aliphatic rings. The topological polar surface area (TPSA) is 0 Å². The van der Waals surface area contributed by atoms with E-state index in [0.717, 1.165) is 0 Å². The van der Waals surface area contributed by atoms with Crippen molar-refractivity contribution in [3.63, 3.8) is 0 Å². The largest absolute Gasteiger partial charge is 0.0827 e. The fourth-order valence-electron chi connectivity index (χ4n) is 0.508. The highest BCUT2D eigenvalue weighted by Gasteiger charge is 2.05. The third kappa shape index (κ3) is 1.48. The normalized spacial score (nSPS) is 9.90. The van der Waals surface area contributed by atoms with Gasteiger partial charge in [0.2, 0.25) is 0 Å². The highest BCUT2D eigenvalue weighted by molar-refractivity contribution is 7.80. The molecule has 0 atom stereocenters. The van der Waals surface area contributed by atoms with Crippen molar-refractivity contribution in [2.75, 3.05) is 0 Å². The lowest BCUT2D eigenvalue weighted by molar-refractivity contribution is 1.48. The number of halogens is 3. The first-order valence-electron chi connectivity index (χ1n) is 2.43. The number of hydrogen-bond donors (Lipinski definition) is 0. The first kappa shape index (κ1) is 8.41. The van der Waals surface area contributed by atoms with Crippen LogP contribution in [0.5, 0.6) is 0 Å². The summed E-state index contributed by atoms with van der Waals surface area (Å²) in [6.45, 7) is 0. The molecule has 0 heterocycles. The second kappa shape index (κ2) is 3.14. The predicted octanol–water partition coefficient (Wildman–Crippen LogP) is 4.20. The summed E-state index contributed by atoms with van der Waals surface area (Å²) in [5.41, 5.74) is 0. The van der Waals surface area contributed by atoms with Gasteiger partial charge in [0.15, 0.2) is 0 Å². The second-order valence-electron chi connectivity index (χ2n) is 1.67. The lowest BCUT2D eigenvalue weighted by Gasteiger charge is -1.98. The Kier molecular flexibility index (Phi) is 2.64. The van der Waals surface area contributed by atoms with Crippen molar-refractivity contribution in [1.82, 2.24) is 0 Å². The van der Waals surface area contributed by atoms with Gasteiger partial charge in [0.1, 0.15) is 0 Å². The van der Waals surface area contributed by atoms with Crippen molar-refractivity contribution in [2.24, 2.45) is 0 Å². The summed E-state index contributed by atoms with van der Waals surface area (Å²) in [5, 5.41) is 1.11. The van der Waals surface area contributed by atoms with Crippen LogP contribution < -0.4 is 0 Å². The molecule has 10 heavy (non-hydrogen) atoms. The van der Waals surface area contributed by atoms with E-state index in [1.54, 1.807) is 12.1 Å². The van der Waals surface area contributed by atoms with Crippen molar-refractivity contribution in [1.29, 1.82) is 0 Å². The van der Waals surface area contributed by atoms with E-state index in [9.17, 15) is 0 Å². The Bertz CT molecular complexity index is 232.